The molecule has 2 N–H and O–H groups in total. The molecule has 1 saturated carbocycles. The quantitative estimate of drug-likeness (QED) is 0.651. The van der Waals surface area contributed by atoms with Gasteiger partial charge in [-0.25, -0.2) is 9.78 Å². The van der Waals surface area contributed by atoms with Crippen molar-refractivity contribution < 1.29 is 19.1 Å². The van der Waals surface area contributed by atoms with Crippen LogP contribution in [-0.4, -0.2) is 43.2 Å². The van der Waals surface area contributed by atoms with Crippen LogP contribution in [0.25, 0.3) is 0 Å². The van der Waals surface area contributed by atoms with Crippen LogP contribution in [0.15, 0.2) is 23.6 Å². The molecule has 1 unspecified atom stereocenters. The third kappa shape index (κ3) is 5.10. The Bertz CT molecular complexity index is 941. The van der Waals surface area contributed by atoms with Gasteiger partial charge in [0.2, 0.25) is 5.91 Å². The first-order chi connectivity index (χ1) is 15.0. The molecular formula is C22H28N4O4S. The Morgan fingerprint density at radius 2 is 2.16 bits per heavy atom. The van der Waals surface area contributed by atoms with Crippen LogP contribution in [0.1, 0.15) is 49.9 Å². The normalized spacial score (nSPS) is 17.5. The number of nitrogens with zero attached hydrogens (tertiary/aromatic N) is 2. The fourth-order valence-electron chi connectivity index (χ4n) is 3.93. The SMILES string of the molecule is COc1cc(C(C)NC(=O)Cc2csc(N3CCNC3=O)n2)ccc1OC1CCCC1. The minimum atomic E-state index is -0.190. The molecule has 31 heavy (non-hydrogen) atoms. The van der Waals surface area contributed by atoms with E-state index in [0.717, 1.165) is 24.2 Å². The number of carbonyl (C=O) groups is 2. The van der Waals surface area contributed by atoms with Crippen LogP contribution >= 0.6 is 11.3 Å². The summed E-state index contributed by atoms with van der Waals surface area (Å²) >= 11 is 1.37. The molecule has 2 aromatic rings. The van der Waals surface area contributed by atoms with E-state index in [2.05, 4.69) is 15.6 Å². The van der Waals surface area contributed by atoms with Gasteiger partial charge >= 0.3 is 6.03 Å². The number of amides is 3. The summed E-state index contributed by atoms with van der Waals surface area (Å²) in [6.07, 6.45) is 5.00. The summed E-state index contributed by atoms with van der Waals surface area (Å²) in [6, 6.07) is 5.47. The second kappa shape index (κ2) is 9.55. The van der Waals surface area contributed by atoms with Crippen LogP contribution in [0.4, 0.5) is 9.93 Å². The molecule has 1 aromatic carbocycles. The van der Waals surface area contributed by atoms with Gasteiger partial charge in [0, 0.05) is 18.5 Å². The van der Waals surface area contributed by atoms with Gasteiger partial charge in [-0.3, -0.25) is 9.69 Å². The average molecular weight is 445 g/mol. The molecule has 2 heterocycles. The molecule has 1 aliphatic carbocycles. The highest BCUT2D eigenvalue weighted by molar-refractivity contribution is 7.14. The molecule has 166 valence electrons. The van der Waals surface area contributed by atoms with Crippen LogP contribution in [-0.2, 0) is 11.2 Å². The predicted octanol–water partition coefficient (Wildman–Crippen LogP) is 3.42. The van der Waals surface area contributed by atoms with Gasteiger partial charge in [-0.05, 0) is 50.3 Å². The second-order valence-corrected chi connectivity index (χ2v) is 8.74. The Labute approximate surface area is 185 Å². The number of urea groups is 1. The van der Waals surface area contributed by atoms with E-state index in [-0.39, 0.29) is 30.5 Å². The molecule has 0 spiro atoms. The van der Waals surface area contributed by atoms with E-state index in [1.807, 2.05) is 30.5 Å². The lowest BCUT2D eigenvalue weighted by Crippen LogP contribution is -2.29. The van der Waals surface area contributed by atoms with Crippen molar-refractivity contribution in [2.75, 3.05) is 25.1 Å². The van der Waals surface area contributed by atoms with E-state index in [1.54, 1.807) is 12.0 Å². The maximum atomic E-state index is 12.5. The number of ether oxygens (including phenoxy) is 2. The molecule has 8 nitrogen and oxygen atoms in total. The topological polar surface area (TPSA) is 92.8 Å². The van der Waals surface area contributed by atoms with Crippen molar-refractivity contribution >= 4 is 28.4 Å². The van der Waals surface area contributed by atoms with Crippen LogP contribution in [0, 0.1) is 0 Å². The number of hydrogen-bond acceptors (Lipinski definition) is 6. The minimum absolute atomic E-state index is 0.125. The van der Waals surface area contributed by atoms with Crippen LogP contribution in [0.5, 0.6) is 11.5 Å². The zero-order valence-corrected chi connectivity index (χ0v) is 18.7. The molecule has 3 amide bonds. The van der Waals surface area contributed by atoms with Gasteiger partial charge in [0.1, 0.15) is 0 Å². The highest BCUT2D eigenvalue weighted by Crippen LogP contribution is 2.33. The molecule has 1 aliphatic heterocycles. The van der Waals surface area contributed by atoms with Gasteiger partial charge < -0.3 is 20.1 Å². The molecule has 2 fully saturated rings. The lowest BCUT2D eigenvalue weighted by atomic mass is 10.1. The monoisotopic (exact) mass is 444 g/mol. The van der Waals surface area contributed by atoms with Crippen molar-refractivity contribution in [2.45, 2.75) is 51.2 Å². The first-order valence-corrected chi connectivity index (χ1v) is 11.5. The smallest absolute Gasteiger partial charge is 0.323 e. The van der Waals surface area contributed by atoms with E-state index in [0.29, 0.717) is 29.7 Å². The summed E-state index contributed by atoms with van der Waals surface area (Å²) in [5, 5.41) is 8.21. The largest absolute Gasteiger partial charge is 0.493 e. The van der Waals surface area contributed by atoms with E-state index in [4.69, 9.17) is 9.47 Å². The van der Waals surface area contributed by atoms with E-state index < -0.39 is 0 Å². The molecule has 0 radical (unpaired) electrons. The zero-order chi connectivity index (χ0) is 21.8. The van der Waals surface area contributed by atoms with Crippen molar-refractivity contribution in [3.05, 3.63) is 34.8 Å². The predicted molar refractivity (Wildman–Crippen MR) is 119 cm³/mol. The Morgan fingerprint density at radius 1 is 1.35 bits per heavy atom. The number of nitrogens with one attached hydrogen (secondary N) is 2. The number of carbonyl (C=O) groups excluding carboxylic acids is 2. The van der Waals surface area contributed by atoms with Gasteiger partial charge in [-0.1, -0.05) is 6.07 Å². The number of methoxy groups -OCH3 is 1. The van der Waals surface area contributed by atoms with Crippen molar-refractivity contribution in [3.63, 3.8) is 0 Å². The molecule has 2 aliphatic rings. The highest BCUT2D eigenvalue weighted by atomic mass is 32.1. The molecule has 1 atom stereocenters. The van der Waals surface area contributed by atoms with Gasteiger partial charge in [-0.2, -0.15) is 0 Å². The summed E-state index contributed by atoms with van der Waals surface area (Å²) in [6.45, 7) is 3.14. The molecular weight excluding hydrogens is 416 g/mol. The lowest BCUT2D eigenvalue weighted by Gasteiger charge is -2.19. The third-order valence-corrected chi connectivity index (χ3v) is 6.54. The van der Waals surface area contributed by atoms with Crippen LogP contribution < -0.4 is 25.0 Å². The molecule has 9 heteroatoms. The van der Waals surface area contributed by atoms with Crippen molar-refractivity contribution in [1.82, 2.24) is 15.6 Å². The number of thiazole rings is 1. The van der Waals surface area contributed by atoms with Gasteiger partial charge in [0.25, 0.3) is 0 Å². The molecule has 1 aromatic heterocycles. The highest BCUT2D eigenvalue weighted by Gasteiger charge is 2.24. The number of rotatable bonds is 8. The standard InChI is InChI=1S/C22H28N4O4S/c1-14(15-7-8-18(19(11-15)29-2)30-17-5-3-4-6-17)24-20(27)12-16-13-31-22(25-16)26-10-9-23-21(26)28/h7-8,11,13-14,17H,3-6,9-10,12H2,1-2H3,(H,23,28)(H,24,27). The first-order valence-electron chi connectivity index (χ1n) is 10.7. The second-order valence-electron chi connectivity index (χ2n) is 7.91. The zero-order valence-electron chi connectivity index (χ0n) is 17.8. The maximum absolute atomic E-state index is 12.5. The minimum Gasteiger partial charge on any atom is -0.493 e. The third-order valence-electron chi connectivity index (χ3n) is 5.63. The van der Waals surface area contributed by atoms with E-state index in [1.165, 1.54) is 24.2 Å². The number of hydrogen-bond donors (Lipinski definition) is 2. The summed E-state index contributed by atoms with van der Waals surface area (Å²) in [4.78, 5) is 30.3. The fourth-order valence-corrected chi connectivity index (χ4v) is 4.78. The van der Waals surface area contributed by atoms with E-state index in [9.17, 15) is 9.59 Å². The van der Waals surface area contributed by atoms with Crippen molar-refractivity contribution in [1.29, 1.82) is 0 Å². The number of benzene rings is 1. The number of anilines is 1. The first kappa shape index (κ1) is 21.4. The fraction of sp³-hybridized carbons (Fsp3) is 0.500. The van der Waals surface area contributed by atoms with Crippen molar-refractivity contribution in [3.8, 4) is 11.5 Å². The van der Waals surface area contributed by atoms with Gasteiger partial charge in [0.05, 0.1) is 31.4 Å². The Balaban J connectivity index is 1.35. The number of aromatic nitrogens is 1. The van der Waals surface area contributed by atoms with Crippen LogP contribution in [0.2, 0.25) is 0 Å². The van der Waals surface area contributed by atoms with Crippen molar-refractivity contribution in [2.24, 2.45) is 0 Å². The summed E-state index contributed by atoms with van der Waals surface area (Å²) in [7, 11) is 1.63. The Kier molecular flexibility index (Phi) is 6.60. The Hall–Kier alpha value is -2.81. The maximum Gasteiger partial charge on any atom is 0.323 e. The summed E-state index contributed by atoms with van der Waals surface area (Å²) in [5.74, 6) is 1.30. The van der Waals surface area contributed by atoms with Gasteiger partial charge in [-0.15, -0.1) is 11.3 Å². The van der Waals surface area contributed by atoms with Crippen LogP contribution in [0.3, 0.4) is 0 Å². The lowest BCUT2D eigenvalue weighted by molar-refractivity contribution is -0.121. The Morgan fingerprint density at radius 3 is 2.87 bits per heavy atom. The molecule has 0 bridgehead atoms. The van der Waals surface area contributed by atoms with E-state index >= 15 is 0 Å². The van der Waals surface area contributed by atoms with Gasteiger partial charge in [0.15, 0.2) is 16.6 Å². The summed E-state index contributed by atoms with van der Waals surface area (Å²) < 4.78 is 11.6. The molecule has 1 saturated heterocycles. The average Bonchev–Trinajstić information content (AvgIpc) is 3.51. The molecule has 4 rings (SSSR count). The summed E-state index contributed by atoms with van der Waals surface area (Å²) in [5.41, 5.74) is 1.60.